The average molecular weight is 448 g/mol. The van der Waals surface area contributed by atoms with E-state index < -0.39 is 0 Å². The van der Waals surface area contributed by atoms with Crippen LogP contribution in [0.15, 0.2) is 91.6 Å². The SMILES string of the molecule is c1ccc(Cc2cnc(N3CCN(c4cc5ccc(-c6cccnc6)cn5n4)CC3)nc2)cc1. The van der Waals surface area contributed by atoms with Crippen molar-refractivity contribution in [2.24, 2.45) is 0 Å². The highest BCUT2D eigenvalue weighted by molar-refractivity contribution is 5.66. The Morgan fingerprint density at radius 3 is 2.26 bits per heavy atom. The summed E-state index contributed by atoms with van der Waals surface area (Å²) in [5, 5.41) is 4.84. The Morgan fingerprint density at radius 1 is 0.706 bits per heavy atom. The molecular weight excluding hydrogens is 422 g/mol. The summed E-state index contributed by atoms with van der Waals surface area (Å²) in [4.78, 5) is 18.1. The number of pyridine rings is 2. The van der Waals surface area contributed by atoms with Crippen LogP contribution in [0.2, 0.25) is 0 Å². The molecule has 0 spiro atoms. The molecule has 0 N–H and O–H groups in total. The van der Waals surface area contributed by atoms with Crippen LogP contribution in [0, 0.1) is 0 Å². The van der Waals surface area contributed by atoms with Crippen molar-refractivity contribution in [2.75, 3.05) is 36.0 Å². The van der Waals surface area contributed by atoms with Crippen molar-refractivity contribution in [3.05, 3.63) is 103 Å². The molecule has 0 amide bonds. The Balaban J connectivity index is 1.11. The Labute approximate surface area is 198 Å². The molecule has 1 saturated heterocycles. The molecule has 4 aromatic heterocycles. The van der Waals surface area contributed by atoms with E-state index in [0.29, 0.717) is 0 Å². The number of rotatable bonds is 5. The molecule has 1 aliphatic rings. The van der Waals surface area contributed by atoms with Crippen LogP contribution in [-0.4, -0.2) is 50.7 Å². The van der Waals surface area contributed by atoms with Gasteiger partial charge in [-0.3, -0.25) is 4.98 Å². The van der Waals surface area contributed by atoms with Crippen molar-refractivity contribution in [3.8, 4) is 11.1 Å². The van der Waals surface area contributed by atoms with Gasteiger partial charge in [-0.2, -0.15) is 5.10 Å². The molecule has 168 valence electrons. The van der Waals surface area contributed by atoms with Crippen molar-refractivity contribution in [3.63, 3.8) is 0 Å². The number of aromatic nitrogens is 5. The summed E-state index contributed by atoms with van der Waals surface area (Å²) in [5.74, 6) is 1.80. The molecule has 7 heteroatoms. The molecule has 1 aliphatic heterocycles. The maximum atomic E-state index is 4.84. The zero-order chi connectivity index (χ0) is 22.7. The second-order valence-corrected chi connectivity index (χ2v) is 8.56. The van der Waals surface area contributed by atoms with E-state index in [0.717, 1.165) is 66.6 Å². The van der Waals surface area contributed by atoms with Crippen molar-refractivity contribution in [1.29, 1.82) is 0 Å². The summed E-state index contributed by atoms with van der Waals surface area (Å²) in [6.45, 7) is 3.50. The number of fused-ring (bicyclic) bond motifs is 1. The van der Waals surface area contributed by atoms with Crippen molar-refractivity contribution in [1.82, 2.24) is 24.6 Å². The van der Waals surface area contributed by atoms with Gasteiger partial charge in [0.15, 0.2) is 5.82 Å². The molecule has 7 nitrogen and oxygen atoms in total. The molecule has 6 rings (SSSR count). The lowest BCUT2D eigenvalue weighted by atomic mass is 10.1. The van der Waals surface area contributed by atoms with E-state index in [1.54, 1.807) is 6.20 Å². The average Bonchev–Trinajstić information content (AvgIpc) is 3.34. The Bertz CT molecular complexity index is 1370. The Morgan fingerprint density at radius 2 is 1.50 bits per heavy atom. The van der Waals surface area contributed by atoms with Gasteiger partial charge in [-0.05, 0) is 23.3 Å². The lowest BCUT2D eigenvalue weighted by Gasteiger charge is -2.34. The van der Waals surface area contributed by atoms with Crippen LogP contribution in [-0.2, 0) is 6.42 Å². The summed E-state index contributed by atoms with van der Waals surface area (Å²) in [6.07, 6.45) is 10.5. The van der Waals surface area contributed by atoms with Crippen molar-refractivity contribution >= 4 is 17.3 Å². The number of anilines is 2. The van der Waals surface area contributed by atoms with Crippen LogP contribution in [0.5, 0.6) is 0 Å². The fourth-order valence-electron chi connectivity index (χ4n) is 4.40. The Hall–Kier alpha value is -4.26. The van der Waals surface area contributed by atoms with Crippen LogP contribution in [0.3, 0.4) is 0 Å². The highest BCUT2D eigenvalue weighted by atomic mass is 15.4. The number of hydrogen-bond donors (Lipinski definition) is 0. The molecule has 5 heterocycles. The van der Waals surface area contributed by atoms with Gasteiger partial charge in [0.1, 0.15) is 0 Å². The molecule has 0 atom stereocenters. The second-order valence-electron chi connectivity index (χ2n) is 8.56. The fraction of sp³-hybridized carbons (Fsp3) is 0.185. The molecule has 0 unspecified atom stereocenters. The van der Waals surface area contributed by atoms with E-state index in [1.165, 1.54) is 5.56 Å². The van der Waals surface area contributed by atoms with E-state index in [1.807, 2.05) is 35.2 Å². The fourth-order valence-corrected chi connectivity index (χ4v) is 4.40. The molecule has 0 aliphatic carbocycles. The van der Waals surface area contributed by atoms with E-state index in [4.69, 9.17) is 5.10 Å². The number of hydrogen-bond acceptors (Lipinski definition) is 6. The third-order valence-corrected chi connectivity index (χ3v) is 6.27. The standard InChI is InChI=1S/C27H25N7/c1-2-5-21(6-3-1)15-22-17-29-27(30-18-22)33-13-11-32(12-14-33)26-16-25-9-8-24(20-34(25)31-26)23-7-4-10-28-19-23/h1-10,16-20H,11-15H2. The zero-order valence-corrected chi connectivity index (χ0v) is 18.8. The smallest absolute Gasteiger partial charge is 0.225 e. The van der Waals surface area contributed by atoms with Gasteiger partial charge in [-0.15, -0.1) is 0 Å². The van der Waals surface area contributed by atoms with E-state index in [9.17, 15) is 0 Å². The van der Waals surface area contributed by atoms with Crippen LogP contribution in [0.1, 0.15) is 11.1 Å². The van der Waals surface area contributed by atoms with Gasteiger partial charge in [0, 0.05) is 80.8 Å². The van der Waals surface area contributed by atoms with Gasteiger partial charge >= 0.3 is 0 Å². The third-order valence-electron chi connectivity index (χ3n) is 6.27. The molecule has 34 heavy (non-hydrogen) atoms. The van der Waals surface area contributed by atoms with E-state index in [-0.39, 0.29) is 0 Å². The lowest BCUT2D eigenvalue weighted by Crippen LogP contribution is -2.47. The molecule has 1 aromatic carbocycles. The molecular formula is C27H25N7. The number of benzene rings is 1. The van der Waals surface area contributed by atoms with Gasteiger partial charge in [0.2, 0.25) is 5.95 Å². The minimum absolute atomic E-state index is 0.799. The second kappa shape index (κ2) is 8.94. The first-order valence-corrected chi connectivity index (χ1v) is 11.6. The predicted molar refractivity (Wildman–Crippen MR) is 134 cm³/mol. The first kappa shape index (κ1) is 20.4. The maximum absolute atomic E-state index is 4.84. The Kier molecular flexibility index (Phi) is 5.35. The van der Waals surface area contributed by atoms with Gasteiger partial charge < -0.3 is 9.80 Å². The van der Waals surface area contributed by atoms with Gasteiger partial charge in [0.25, 0.3) is 0 Å². The summed E-state index contributed by atoms with van der Waals surface area (Å²) in [7, 11) is 0. The maximum Gasteiger partial charge on any atom is 0.225 e. The number of nitrogens with zero attached hydrogens (tertiary/aromatic N) is 7. The first-order chi connectivity index (χ1) is 16.8. The van der Waals surface area contributed by atoms with Crippen LogP contribution in [0.4, 0.5) is 11.8 Å². The zero-order valence-electron chi connectivity index (χ0n) is 18.8. The molecule has 5 aromatic rings. The topological polar surface area (TPSA) is 62.5 Å². The highest BCUT2D eigenvalue weighted by Crippen LogP contribution is 2.23. The molecule has 1 fully saturated rings. The highest BCUT2D eigenvalue weighted by Gasteiger charge is 2.21. The quantitative estimate of drug-likeness (QED) is 0.404. The minimum atomic E-state index is 0.799. The first-order valence-electron chi connectivity index (χ1n) is 11.6. The largest absolute Gasteiger partial charge is 0.352 e. The summed E-state index contributed by atoms with van der Waals surface area (Å²) >= 11 is 0. The lowest BCUT2D eigenvalue weighted by molar-refractivity contribution is 0.632. The molecule has 0 radical (unpaired) electrons. The summed E-state index contributed by atoms with van der Waals surface area (Å²) < 4.78 is 1.96. The van der Waals surface area contributed by atoms with Gasteiger partial charge in [-0.25, -0.2) is 14.5 Å². The van der Waals surface area contributed by atoms with E-state index in [2.05, 4.69) is 79.5 Å². The van der Waals surface area contributed by atoms with Gasteiger partial charge in [0.05, 0.1) is 5.52 Å². The molecule has 0 saturated carbocycles. The van der Waals surface area contributed by atoms with Crippen LogP contribution >= 0.6 is 0 Å². The normalized spacial score (nSPS) is 14.0. The summed E-state index contributed by atoms with van der Waals surface area (Å²) in [5.41, 5.74) is 5.68. The predicted octanol–water partition coefficient (Wildman–Crippen LogP) is 4.10. The van der Waals surface area contributed by atoms with Crippen LogP contribution < -0.4 is 9.80 Å². The molecule has 0 bridgehead atoms. The monoisotopic (exact) mass is 447 g/mol. The van der Waals surface area contributed by atoms with Gasteiger partial charge in [-0.1, -0.05) is 42.5 Å². The van der Waals surface area contributed by atoms with Crippen molar-refractivity contribution < 1.29 is 0 Å². The minimum Gasteiger partial charge on any atom is -0.352 e. The van der Waals surface area contributed by atoms with Crippen LogP contribution in [0.25, 0.3) is 16.6 Å². The van der Waals surface area contributed by atoms with Crippen molar-refractivity contribution in [2.45, 2.75) is 6.42 Å². The third kappa shape index (κ3) is 4.20. The van der Waals surface area contributed by atoms with E-state index >= 15 is 0 Å². The number of piperazine rings is 1. The summed E-state index contributed by atoms with van der Waals surface area (Å²) in [6, 6.07) is 20.8.